The topological polar surface area (TPSA) is 9.23 Å². The van der Waals surface area contributed by atoms with Gasteiger partial charge in [-0.05, 0) is 40.0 Å². The lowest BCUT2D eigenvalue weighted by atomic mass is 9.99. The molecule has 0 aliphatic carbocycles. The number of methoxy groups -OCH3 is 1. The minimum Gasteiger partial charge on any atom is -0.379 e. The summed E-state index contributed by atoms with van der Waals surface area (Å²) in [5, 5.41) is 0.965. The van der Waals surface area contributed by atoms with Crippen LogP contribution in [-0.2, 0) is 4.74 Å². The zero-order valence-electron chi connectivity index (χ0n) is 9.19. The maximum absolute atomic E-state index is 5.35. The third-order valence-corrected chi connectivity index (χ3v) is 2.65. The summed E-state index contributed by atoms with van der Waals surface area (Å²) in [5.74, 6) is 0. The summed E-state index contributed by atoms with van der Waals surface area (Å²) in [6, 6.07) is 0. The smallest absolute Gasteiger partial charge is 0.0622 e. The van der Waals surface area contributed by atoms with Gasteiger partial charge in [0.2, 0.25) is 0 Å². The molecule has 0 aromatic heterocycles. The van der Waals surface area contributed by atoms with E-state index >= 15 is 0 Å². The second-order valence-electron chi connectivity index (χ2n) is 4.02. The molecule has 2 heteroatoms. The maximum Gasteiger partial charge on any atom is 0.0622 e. The monoisotopic (exact) mass is 248 g/mol. The van der Waals surface area contributed by atoms with Crippen LogP contribution in [0.3, 0.4) is 0 Å². The van der Waals surface area contributed by atoms with Crippen molar-refractivity contribution in [1.29, 1.82) is 0 Å². The molecule has 0 spiro atoms. The van der Waals surface area contributed by atoms with Crippen molar-refractivity contribution in [3.05, 3.63) is 11.6 Å². The van der Waals surface area contributed by atoms with Crippen LogP contribution in [0.15, 0.2) is 11.6 Å². The molecule has 0 aliphatic rings. The summed E-state index contributed by atoms with van der Waals surface area (Å²) in [7, 11) is 1.78. The lowest BCUT2D eigenvalue weighted by Gasteiger charge is -2.22. The summed E-state index contributed by atoms with van der Waals surface area (Å²) < 4.78 is 5.35. The number of allylic oxidation sites excluding steroid dienone is 2. The first kappa shape index (κ1) is 13.2. The van der Waals surface area contributed by atoms with E-state index in [-0.39, 0.29) is 5.60 Å². The predicted molar refractivity (Wildman–Crippen MR) is 62.5 cm³/mol. The van der Waals surface area contributed by atoms with E-state index in [2.05, 4.69) is 42.8 Å². The van der Waals surface area contributed by atoms with E-state index in [1.54, 1.807) is 7.11 Å². The van der Waals surface area contributed by atoms with Gasteiger partial charge in [-0.15, -0.1) is 0 Å². The van der Waals surface area contributed by atoms with E-state index < -0.39 is 0 Å². The van der Waals surface area contributed by atoms with Crippen LogP contribution in [-0.4, -0.2) is 18.0 Å². The molecule has 0 unspecified atom stereocenters. The Hall–Kier alpha value is 0.180. The summed E-state index contributed by atoms with van der Waals surface area (Å²) in [6.45, 7) is 6.45. The summed E-state index contributed by atoms with van der Waals surface area (Å²) in [4.78, 5) is 0. The zero-order valence-corrected chi connectivity index (χ0v) is 10.8. The van der Waals surface area contributed by atoms with Gasteiger partial charge in [-0.3, -0.25) is 0 Å². The van der Waals surface area contributed by atoms with Crippen molar-refractivity contribution < 1.29 is 4.74 Å². The molecule has 0 radical (unpaired) electrons. The lowest BCUT2D eigenvalue weighted by molar-refractivity contribution is 0.0140. The second kappa shape index (κ2) is 6.61. The molecule has 0 saturated carbocycles. The zero-order chi connectivity index (χ0) is 10.3. The molecule has 0 aromatic rings. The Bertz CT molecular complexity index is 161. The molecular formula is C11H21BrO. The number of ether oxygens (including phenoxy) is 1. The molecular weight excluding hydrogens is 228 g/mol. The third-order valence-electron chi connectivity index (χ3n) is 2.33. The first-order valence-corrected chi connectivity index (χ1v) is 5.91. The standard InChI is InChI=1S/C11H21BrO/c1-10(7-9-12)6-5-8-11(2,3)13-4/h7H,5-6,8-9H2,1-4H3. The summed E-state index contributed by atoms with van der Waals surface area (Å²) in [6.07, 6.45) is 5.73. The Balaban J connectivity index is 3.62. The van der Waals surface area contributed by atoms with Gasteiger partial charge in [-0.2, -0.15) is 0 Å². The highest BCUT2D eigenvalue weighted by atomic mass is 79.9. The van der Waals surface area contributed by atoms with Gasteiger partial charge in [0.1, 0.15) is 0 Å². The molecule has 0 rings (SSSR count). The highest BCUT2D eigenvalue weighted by Crippen LogP contribution is 2.18. The normalized spacial score (nSPS) is 13.5. The van der Waals surface area contributed by atoms with Crippen LogP contribution in [0.2, 0.25) is 0 Å². The number of hydrogen-bond acceptors (Lipinski definition) is 1. The molecule has 1 nitrogen and oxygen atoms in total. The lowest BCUT2D eigenvalue weighted by Crippen LogP contribution is -2.21. The van der Waals surface area contributed by atoms with Crippen LogP contribution >= 0.6 is 15.9 Å². The van der Waals surface area contributed by atoms with E-state index in [9.17, 15) is 0 Å². The van der Waals surface area contributed by atoms with E-state index in [1.165, 1.54) is 18.4 Å². The molecule has 0 N–H and O–H groups in total. The fourth-order valence-electron chi connectivity index (χ4n) is 1.13. The van der Waals surface area contributed by atoms with Gasteiger partial charge >= 0.3 is 0 Å². The van der Waals surface area contributed by atoms with Crippen LogP contribution in [0.25, 0.3) is 0 Å². The largest absolute Gasteiger partial charge is 0.379 e. The van der Waals surface area contributed by atoms with Crippen molar-refractivity contribution >= 4 is 15.9 Å². The summed E-state index contributed by atoms with van der Waals surface area (Å²) >= 11 is 3.39. The highest BCUT2D eigenvalue weighted by Gasteiger charge is 2.14. The first-order chi connectivity index (χ1) is 6.02. The van der Waals surface area contributed by atoms with Gasteiger partial charge in [-0.25, -0.2) is 0 Å². The van der Waals surface area contributed by atoms with Crippen LogP contribution in [0.5, 0.6) is 0 Å². The average molecular weight is 249 g/mol. The van der Waals surface area contributed by atoms with Gasteiger partial charge in [0.25, 0.3) is 0 Å². The van der Waals surface area contributed by atoms with Crippen molar-refractivity contribution in [2.24, 2.45) is 0 Å². The van der Waals surface area contributed by atoms with Crippen LogP contribution in [0.1, 0.15) is 40.0 Å². The van der Waals surface area contributed by atoms with Gasteiger partial charge in [0.05, 0.1) is 5.60 Å². The molecule has 0 saturated heterocycles. The average Bonchev–Trinajstić information content (AvgIpc) is 2.05. The Kier molecular flexibility index (Phi) is 6.70. The van der Waals surface area contributed by atoms with Crippen molar-refractivity contribution in [2.45, 2.75) is 45.6 Å². The van der Waals surface area contributed by atoms with E-state index in [0.29, 0.717) is 0 Å². The van der Waals surface area contributed by atoms with Crippen molar-refractivity contribution in [3.63, 3.8) is 0 Å². The van der Waals surface area contributed by atoms with Crippen molar-refractivity contribution in [3.8, 4) is 0 Å². The SMILES string of the molecule is COC(C)(C)CCCC(C)=CCBr. The molecule has 0 amide bonds. The minimum atomic E-state index is 0.0364. The summed E-state index contributed by atoms with van der Waals surface area (Å²) in [5.41, 5.74) is 1.50. The number of halogens is 1. The van der Waals surface area contributed by atoms with Crippen molar-refractivity contribution in [2.75, 3.05) is 12.4 Å². The first-order valence-electron chi connectivity index (χ1n) is 4.78. The molecule has 0 fully saturated rings. The van der Waals surface area contributed by atoms with E-state index in [1.807, 2.05) is 0 Å². The second-order valence-corrected chi connectivity index (χ2v) is 4.67. The van der Waals surface area contributed by atoms with E-state index in [0.717, 1.165) is 11.8 Å². The Morgan fingerprint density at radius 2 is 2.08 bits per heavy atom. The van der Waals surface area contributed by atoms with Gasteiger partial charge in [0.15, 0.2) is 0 Å². The predicted octanol–water partition coefficient (Wildman–Crippen LogP) is 3.92. The van der Waals surface area contributed by atoms with Crippen LogP contribution in [0.4, 0.5) is 0 Å². The maximum atomic E-state index is 5.35. The van der Waals surface area contributed by atoms with Crippen LogP contribution in [0, 0.1) is 0 Å². The molecule has 0 aliphatic heterocycles. The molecule has 0 atom stereocenters. The quantitative estimate of drug-likeness (QED) is 0.512. The fourth-order valence-corrected chi connectivity index (χ4v) is 1.68. The molecule has 0 bridgehead atoms. The molecule has 78 valence electrons. The molecule has 0 heterocycles. The molecule has 0 aromatic carbocycles. The van der Waals surface area contributed by atoms with Crippen LogP contribution < -0.4 is 0 Å². The Morgan fingerprint density at radius 3 is 2.54 bits per heavy atom. The number of alkyl halides is 1. The van der Waals surface area contributed by atoms with Gasteiger partial charge in [0, 0.05) is 12.4 Å². The molecule has 13 heavy (non-hydrogen) atoms. The minimum absolute atomic E-state index is 0.0364. The number of rotatable bonds is 6. The van der Waals surface area contributed by atoms with Crippen molar-refractivity contribution in [1.82, 2.24) is 0 Å². The van der Waals surface area contributed by atoms with Gasteiger partial charge < -0.3 is 4.74 Å². The van der Waals surface area contributed by atoms with Gasteiger partial charge in [-0.1, -0.05) is 27.6 Å². The number of hydrogen-bond donors (Lipinski definition) is 0. The third kappa shape index (κ3) is 7.27. The van der Waals surface area contributed by atoms with E-state index in [4.69, 9.17) is 4.74 Å². The Morgan fingerprint density at radius 1 is 1.46 bits per heavy atom. The fraction of sp³-hybridized carbons (Fsp3) is 0.818. The highest BCUT2D eigenvalue weighted by molar-refractivity contribution is 9.09. The Labute approximate surface area is 90.7 Å².